The van der Waals surface area contributed by atoms with Crippen LogP contribution < -0.4 is 5.32 Å². The highest BCUT2D eigenvalue weighted by molar-refractivity contribution is 4.64. The summed E-state index contributed by atoms with van der Waals surface area (Å²) < 4.78 is 5.69. The molecule has 1 N–H and O–H groups in total. The lowest BCUT2D eigenvalue weighted by atomic mass is 9.94. The van der Waals surface area contributed by atoms with Crippen LogP contribution in [-0.2, 0) is 4.74 Å². The Labute approximate surface area is 109 Å². The van der Waals surface area contributed by atoms with Crippen LogP contribution in [0, 0.1) is 17.8 Å². The lowest BCUT2D eigenvalue weighted by molar-refractivity contribution is 0.0952. The van der Waals surface area contributed by atoms with Crippen molar-refractivity contribution >= 4 is 0 Å². The standard InChI is InChI=1S/C15H33NO/c1-6-8-16-11-15(10-13(2)3)7-9-17-12-14(4)5/h13-16H,6-12H2,1-5H3. The Balaban J connectivity index is 3.68. The highest BCUT2D eigenvalue weighted by Crippen LogP contribution is 2.15. The van der Waals surface area contributed by atoms with Crippen molar-refractivity contribution in [1.82, 2.24) is 5.32 Å². The summed E-state index contributed by atoms with van der Waals surface area (Å²) >= 11 is 0. The van der Waals surface area contributed by atoms with E-state index in [9.17, 15) is 0 Å². The minimum atomic E-state index is 0.650. The molecule has 0 aliphatic rings. The van der Waals surface area contributed by atoms with E-state index in [2.05, 4.69) is 39.9 Å². The van der Waals surface area contributed by atoms with Gasteiger partial charge in [-0.1, -0.05) is 34.6 Å². The molecule has 0 aliphatic heterocycles. The van der Waals surface area contributed by atoms with Gasteiger partial charge in [-0.2, -0.15) is 0 Å². The molecule has 17 heavy (non-hydrogen) atoms. The second-order valence-corrected chi connectivity index (χ2v) is 5.96. The molecule has 0 aromatic carbocycles. The zero-order valence-electron chi connectivity index (χ0n) is 12.6. The lowest BCUT2D eigenvalue weighted by Crippen LogP contribution is -2.25. The highest BCUT2D eigenvalue weighted by atomic mass is 16.5. The zero-order chi connectivity index (χ0) is 13.1. The molecule has 2 nitrogen and oxygen atoms in total. The molecule has 0 radical (unpaired) electrons. The third kappa shape index (κ3) is 12.2. The molecule has 0 heterocycles. The molecule has 0 spiro atoms. The van der Waals surface area contributed by atoms with Crippen molar-refractivity contribution in [2.75, 3.05) is 26.3 Å². The number of ether oxygens (including phenoxy) is 1. The van der Waals surface area contributed by atoms with E-state index < -0.39 is 0 Å². The van der Waals surface area contributed by atoms with Gasteiger partial charge < -0.3 is 10.1 Å². The van der Waals surface area contributed by atoms with Gasteiger partial charge >= 0.3 is 0 Å². The Kier molecular flexibility index (Phi) is 11.0. The molecule has 0 saturated heterocycles. The summed E-state index contributed by atoms with van der Waals surface area (Å²) in [4.78, 5) is 0. The number of hydrogen-bond acceptors (Lipinski definition) is 2. The molecule has 0 fully saturated rings. The summed E-state index contributed by atoms with van der Waals surface area (Å²) in [6.45, 7) is 15.3. The summed E-state index contributed by atoms with van der Waals surface area (Å²) in [5, 5.41) is 3.53. The topological polar surface area (TPSA) is 21.3 Å². The molecular formula is C15H33NO. The first-order chi connectivity index (χ1) is 8.06. The summed E-state index contributed by atoms with van der Waals surface area (Å²) in [5.41, 5.74) is 0. The fourth-order valence-electron chi connectivity index (χ4n) is 2.02. The van der Waals surface area contributed by atoms with Gasteiger partial charge in [0.05, 0.1) is 0 Å². The molecule has 0 amide bonds. The predicted molar refractivity (Wildman–Crippen MR) is 76.4 cm³/mol. The van der Waals surface area contributed by atoms with Crippen LogP contribution in [0.25, 0.3) is 0 Å². The highest BCUT2D eigenvalue weighted by Gasteiger charge is 2.10. The molecule has 0 bridgehead atoms. The first-order valence-electron chi connectivity index (χ1n) is 7.34. The van der Waals surface area contributed by atoms with Gasteiger partial charge in [-0.15, -0.1) is 0 Å². The Morgan fingerprint density at radius 2 is 1.76 bits per heavy atom. The number of hydrogen-bond donors (Lipinski definition) is 1. The summed E-state index contributed by atoms with van der Waals surface area (Å²) in [7, 11) is 0. The second kappa shape index (κ2) is 11.0. The Morgan fingerprint density at radius 3 is 2.29 bits per heavy atom. The van der Waals surface area contributed by atoms with Gasteiger partial charge in [0.1, 0.15) is 0 Å². The molecule has 1 atom stereocenters. The van der Waals surface area contributed by atoms with Gasteiger partial charge in [0.15, 0.2) is 0 Å². The minimum absolute atomic E-state index is 0.650. The van der Waals surface area contributed by atoms with Crippen molar-refractivity contribution in [2.24, 2.45) is 17.8 Å². The monoisotopic (exact) mass is 243 g/mol. The first-order valence-corrected chi connectivity index (χ1v) is 7.34. The zero-order valence-corrected chi connectivity index (χ0v) is 12.6. The fourth-order valence-corrected chi connectivity index (χ4v) is 2.02. The maximum Gasteiger partial charge on any atom is 0.0488 e. The molecule has 0 aromatic rings. The number of nitrogens with one attached hydrogen (secondary N) is 1. The van der Waals surface area contributed by atoms with Gasteiger partial charge in [0, 0.05) is 13.2 Å². The average Bonchev–Trinajstić information content (AvgIpc) is 2.23. The van der Waals surface area contributed by atoms with Crippen LogP contribution in [0.1, 0.15) is 53.9 Å². The maximum atomic E-state index is 5.69. The molecule has 1 unspecified atom stereocenters. The average molecular weight is 243 g/mol. The molecular weight excluding hydrogens is 210 g/mol. The van der Waals surface area contributed by atoms with Gasteiger partial charge in [-0.25, -0.2) is 0 Å². The van der Waals surface area contributed by atoms with Crippen LogP contribution in [0.3, 0.4) is 0 Å². The Bertz CT molecular complexity index is 157. The smallest absolute Gasteiger partial charge is 0.0488 e. The van der Waals surface area contributed by atoms with E-state index >= 15 is 0 Å². The van der Waals surface area contributed by atoms with Crippen molar-refractivity contribution in [3.05, 3.63) is 0 Å². The Morgan fingerprint density at radius 1 is 1.06 bits per heavy atom. The minimum Gasteiger partial charge on any atom is -0.381 e. The molecule has 0 aliphatic carbocycles. The van der Waals surface area contributed by atoms with Crippen molar-refractivity contribution in [1.29, 1.82) is 0 Å². The van der Waals surface area contributed by atoms with E-state index in [0.717, 1.165) is 38.1 Å². The van der Waals surface area contributed by atoms with E-state index in [0.29, 0.717) is 5.92 Å². The van der Waals surface area contributed by atoms with E-state index in [1.165, 1.54) is 19.3 Å². The van der Waals surface area contributed by atoms with Crippen LogP contribution in [0.4, 0.5) is 0 Å². The van der Waals surface area contributed by atoms with Crippen molar-refractivity contribution in [3.8, 4) is 0 Å². The van der Waals surface area contributed by atoms with E-state index in [1.54, 1.807) is 0 Å². The van der Waals surface area contributed by atoms with E-state index in [1.807, 2.05) is 0 Å². The lowest BCUT2D eigenvalue weighted by Gasteiger charge is -2.20. The van der Waals surface area contributed by atoms with Crippen LogP contribution in [0.2, 0.25) is 0 Å². The fraction of sp³-hybridized carbons (Fsp3) is 1.00. The molecule has 0 rings (SSSR count). The van der Waals surface area contributed by atoms with Crippen LogP contribution in [-0.4, -0.2) is 26.3 Å². The maximum absolute atomic E-state index is 5.69. The van der Waals surface area contributed by atoms with Gasteiger partial charge in [-0.3, -0.25) is 0 Å². The Hall–Kier alpha value is -0.0800. The van der Waals surface area contributed by atoms with Crippen LogP contribution in [0.15, 0.2) is 0 Å². The molecule has 2 heteroatoms. The quantitative estimate of drug-likeness (QED) is 0.559. The summed E-state index contributed by atoms with van der Waals surface area (Å²) in [5.74, 6) is 2.21. The third-order valence-electron chi connectivity index (χ3n) is 2.79. The van der Waals surface area contributed by atoms with Crippen molar-refractivity contribution in [3.63, 3.8) is 0 Å². The third-order valence-corrected chi connectivity index (χ3v) is 2.79. The van der Waals surface area contributed by atoms with Crippen LogP contribution >= 0.6 is 0 Å². The van der Waals surface area contributed by atoms with Crippen molar-refractivity contribution in [2.45, 2.75) is 53.9 Å². The van der Waals surface area contributed by atoms with Gasteiger partial charge in [0.2, 0.25) is 0 Å². The van der Waals surface area contributed by atoms with Gasteiger partial charge in [0.25, 0.3) is 0 Å². The molecule has 0 aromatic heterocycles. The van der Waals surface area contributed by atoms with E-state index in [4.69, 9.17) is 4.74 Å². The molecule has 104 valence electrons. The van der Waals surface area contributed by atoms with Crippen LogP contribution in [0.5, 0.6) is 0 Å². The summed E-state index contributed by atoms with van der Waals surface area (Å²) in [6.07, 6.45) is 3.72. The van der Waals surface area contributed by atoms with E-state index in [-0.39, 0.29) is 0 Å². The number of rotatable bonds is 11. The second-order valence-electron chi connectivity index (χ2n) is 5.96. The SMILES string of the molecule is CCCNCC(CCOCC(C)C)CC(C)C. The van der Waals surface area contributed by atoms with Crippen molar-refractivity contribution < 1.29 is 4.74 Å². The largest absolute Gasteiger partial charge is 0.381 e. The first kappa shape index (κ1) is 16.9. The summed E-state index contributed by atoms with van der Waals surface area (Å²) in [6, 6.07) is 0. The predicted octanol–water partition coefficient (Wildman–Crippen LogP) is 3.71. The normalized spacial score (nSPS) is 13.6. The molecule has 0 saturated carbocycles. The van der Waals surface area contributed by atoms with Gasteiger partial charge in [-0.05, 0) is 50.1 Å².